The second kappa shape index (κ2) is 8.28. The van der Waals surface area contributed by atoms with Crippen molar-refractivity contribution < 1.29 is 13.2 Å². The van der Waals surface area contributed by atoms with Crippen LogP contribution in [0.3, 0.4) is 0 Å². The van der Waals surface area contributed by atoms with Crippen LogP contribution in [0.5, 0.6) is 0 Å². The number of hydrogen-bond acceptors (Lipinski definition) is 3. The van der Waals surface area contributed by atoms with E-state index in [1.165, 1.54) is 5.56 Å². The molecule has 1 N–H and O–H groups in total. The number of nitrogens with one attached hydrogen (secondary N) is 1. The number of carbonyl (C=O) groups is 1. The first-order valence-corrected chi connectivity index (χ1v) is 11.9. The van der Waals surface area contributed by atoms with Gasteiger partial charge in [0.1, 0.15) is 0 Å². The predicted molar refractivity (Wildman–Crippen MR) is 114 cm³/mol. The molecule has 2 aromatic carbocycles. The molecule has 1 amide bonds. The highest BCUT2D eigenvalue weighted by molar-refractivity contribution is 7.89. The summed E-state index contributed by atoms with van der Waals surface area (Å²) in [4.78, 5) is 15.3. The van der Waals surface area contributed by atoms with Crippen molar-refractivity contribution in [1.29, 1.82) is 0 Å². The molecule has 1 heterocycles. The van der Waals surface area contributed by atoms with Gasteiger partial charge in [-0.2, -0.15) is 0 Å². The van der Waals surface area contributed by atoms with E-state index in [4.69, 9.17) is 0 Å². The third-order valence-corrected chi connectivity index (χ3v) is 7.68. The Morgan fingerprint density at radius 3 is 2.45 bits per heavy atom. The van der Waals surface area contributed by atoms with E-state index in [0.717, 1.165) is 49.9 Å². The van der Waals surface area contributed by atoms with Crippen molar-refractivity contribution >= 4 is 21.6 Å². The Kier molecular flexibility index (Phi) is 5.74. The summed E-state index contributed by atoms with van der Waals surface area (Å²) < 4.78 is 27.7. The first-order chi connectivity index (χ1) is 13.9. The Morgan fingerprint density at radius 2 is 1.72 bits per heavy atom. The minimum atomic E-state index is -3.48. The van der Waals surface area contributed by atoms with Crippen LogP contribution in [-0.2, 0) is 21.2 Å². The summed E-state index contributed by atoms with van der Waals surface area (Å²) >= 11 is 0. The number of carbonyl (C=O) groups excluding carboxylic acids is 1. The number of para-hydroxylation sites is 1. The molecule has 0 saturated heterocycles. The fraction of sp³-hybridized carbons (Fsp3) is 0.435. The van der Waals surface area contributed by atoms with E-state index in [-0.39, 0.29) is 17.7 Å². The molecule has 0 atom stereocenters. The average molecular weight is 413 g/mol. The molecule has 1 aliphatic heterocycles. The summed E-state index contributed by atoms with van der Waals surface area (Å²) in [5, 5.41) is 0. The molecule has 2 aliphatic rings. The summed E-state index contributed by atoms with van der Waals surface area (Å²) in [6, 6.07) is 15.0. The Labute approximate surface area is 173 Å². The highest BCUT2D eigenvalue weighted by Gasteiger charge is 2.33. The smallest absolute Gasteiger partial charge is 0.240 e. The van der Waals surface area contributed by atoms with Gasteiger partial charge in [-0.1, -0.05) is 35.9 Å². The number of sulfonamides is 1. The first kappa shape index (κ1) is 20.1. The van der Waals surface area contributed by atoms with E-state index in [9.17, 15) is 13.2 Å². The maximum atomic E-state index is 13.0. The Hall–Kier alpha value is -2.18. The first-order valence-electron chi connectivity index (χ1n) is 10.4. The van der Waals surface area contributed by atoms with Crippen molar-refractivity contribution in [2.24, 2.45) is 11.8 Å². The fourth-order valence-electron chi connectivity index (χ4n) is 4.43. The van der Waals surface area contributed by atoms with E-state index in [1.807, 2.05) is 42.2 Å². The summed E-state index contributed by atoms with van der Waals surface area (Å²) in [6.07, 6.45) is 4.34. The Morgan fingerprint density at radius 1 is 1.03 bits per heavy atom. The Balaban J connectivity index is 1.30. The Bertz CT molecular complexity index is 977. The van der Waals surface area contributed by atoms with Gasteiger partial charge in [0.05, 0.1) is 4.90 Å². The number of anilines is 1. The zero-order valence-electron chi connectivity index (χ0n) is 16.8. The van der Waals surface area contributed by atoms with Crippen molar-refractivity contribution in [3.8, 4) is 0 Å². The van der Waals surface area contributed by atoms with E-state index in [2.05, 4.69) is 10.8 Å². The zero-order chi connectivity index (χ0) is 20.4. The van der Waals surface area contributed by atoms with Crippen LogP contribution in [0.4, 0.5) is 5.69 Å². The molecule has 154 valence electrons. The lowest BCUT2D eigenvalue weighted by Crippen LogP contribution is -2.38. The molecule has 1 saturated carbocycles. The minimum Gasteiger partial charge on any atom is -0.312 e. The van der Waals surface area contributed by atoms with Gasteiger partial charge < -0.3 is 4.90 Å². The lowest BCUT2D eigenvalue weighted by atomic mass is 9.81. The normalized spacial score (nSPS) is 21.8. The number of aryl methyl sites for hydroxylation is 1. The van der Waals surface area contributed by atoms with Gasteiger partial charge >= 0.3 is 0 Å². The standard InChI is InChI=1S/C23H28N2O3S/c1-17-6-12-21(13-7-17)29(27,28)24-16-18-8-10-20(11-9-18)23(26)25-15-14-19-4-2-3-5-22(19)25/h2-7,12-13,18,20,24H,8-11,14-16H2,1H3. The third kappa shape index (κ3) is 4.38. The maximum Gasteiger partial charge on any atom is 0.240 e. The van der Waals surface area contributed by atoms with Crippen LogP contribution in [0.15, 0.2) is 53.4 Å². The highest BCUT2D eigenvalue weighted by Crippen LogP contribution is 2.34. The molecule has 6 heteroatoms. The number of amides is 1. The van der Waals surface area contributed by atoms with Gasteiger partial charge in [0.25, 0.3) is 0 Å². The SMILES string of the molecule is Cc1ccc(S(=O)(=O)NCC2CCC(C(=O)N3CCc4ccccc43)CC2)cc1. The summed E-state index contributed by atoms with van der Waals surface area (Å²) in [5.41, 5.74) is 3.35. The van der Waals surface area contributed by atoms with Crippen molar-refractivity contribution in [3.63, 3.8) is 0 Å². The van der Waals surface area contributed by atoms with E-state index in [0.29, 0.717) is 11.4 Å². The summed E-state index contributed by atoms with van der Waals surface area (Å²) in [7, 11) is -3.48. The number of nitrogens with zero attached hydrogens (tertiary/aromatic N) is 1. The molecule has 5 nitrogen and oxygen atoms in total. The molecule has 0 aromatic heterocycles. The van der Waals surface area contributed by atoms with Crippen molar-refractivity contribution in [2.75, 3.05) is 18.0 Å². The number of rotatable bonds is 5. The second-order valence-electron chi connectivity index (χ2n) is 8.25. The van der Waals surface area contributed by atoms with E-state index >= 15 is 0 Å². The van der Waals surface area contributed by atoms with E-state index < -0.39 is 10.0 Å². The quantitative estimate of drug-likeness (QED) is 0.815. The predicted octanol–water partition coefficient (Wildman–Crippen LogP) is 3.67. The molecule has 1 fully saturated rings. The fourth-order valence-corrected chi connectivity index (χ4v) is 5.55. The number of hydrogen-bond donors (Lipinski definition) is 1. The van der Waals surface area contributed by atoms with Crippen molar-refractivity contribution in [3.05, 3.63) is 59.7 Å². The summed E-state index contributed by atoms with van der Waals surface area (Å²) in [5.74, 6) is 0.560. The van der Waals surface area contributed by atoms with Gasteiger partial charge in [-0.25, -0.2) is 13.1 Å². The van der Waals surface area contributed by atoms with Crippen LogP contribution >= 0.6 is 0 Å². The topological polar surface area (TPSA) is 66.5 Å². The molecule has 4 rings (SSSR count). The highest BCUT2D eigenvalue weighted by atomic mass is 32.2. The molecular formula is C23H28N2O3S. The molecule has 0 radical (unpaired) electrons. The molecule has 1 aliphatic carbocycles. The lowest BCUT2D eigenvalue weighted by Gasteiger charge is -2.30. The van der Waals surface area contributed by atoms with Crippen LogP contribution in [0.25, 0.3) is 0 Å². The summed E-state index contributed by atoms with van der Waals surface area (Å²) in [6.45, 7) is 3.14. The van der Waals surface area contributed by atoms with Crippen LogP contribution in [0.2, 0.25) is 0 Å². The average Bonchev–Trinajstić information content (AvgIpc) is 3.17. The minimum absolute atomic E-state index is 0.0473. The van der Waals surface area contributed by atoms with Gasteiger partial charge in [0.15, 0.2) is 0 Å². The maximum absolute atomic E-state index is 13.0. The molecule has 2 aromatic rings. The largest absolute Gasteiger partial charge is 0.312 e. The van der Waals surface area contributed by atoms with Gasteiger partial charge in [-0.3, -0.25) is 4.79 Å². The van der Waals surface area contributed by atoms with Crippen LogP contribution in [-0.4, -0.2) is 27.4 Å². The van der Waals surface area contributed by atoms with Gasteiger partial charge in [-0.05, 0) is 68.7 Å². The monoisotopic (exact) mass is 412 g/mol. The van der Waals surface area contributed by atoms with Crippen LogP contribution in [0, 0.1) is 18.8 Å². The van der Waals surface area contributed by atoms with Crippen molar-refractivity contribution in [2.45, 2.75) is 43.9 Å². The van der Waals surface area contributed by atoms with Crippen LogP contribution < -0.4 is 9.62 Å². The van der Waals surface area contributed by atoms with Gasteiger partial charge in [-0.15, -0.1) is 0 Å². The lowest BCUT2D eigenvalue weighted by molar-refractivity contribution is -0.123. The zero-order valence-corrected chi connectivity index (χ0v) is 17.6. The molecule has 0 unspecified atom stereocenters. The number of benzene rings is 2. The van der Waals surface area contributed by atoms with Gasteiger partial charge in [0.2, 0.25) is 15.9 Å². The van der Waals surface area contributed by atoms with Gasteiger partial charge in [0, 0.05) is 24.7 Å². The molecule has 29 heavy (non-hydrogen) atoms. The molecule has 0 bridgehead atoms. The van der Waals surface area contributed by atoms with E-state index in [1.54, 1.807) is 12.1 Å². The second-order valence-corrected chi connectivity index (χ2v) is 10.0. The number of fused-ring (bicyclic) bond motifs is 1. The van der Waals surface area contributed by atoms with Crippen LogP contribution in [0.1, 0.15) is 36.8 Å². The third-order valence-electron chi connectivity index (χ3n) is 6.24. The molecular weight excluding hydrogens is 384 g/mol. The molecule has 0 spiro atoms. The van der Waals surface area contributed by atoms with Crippen molar-refractivity contribution in [1.82, 2.24) is 4.72 Å².